The molecule has 1 heterocycles. The summed E-state index contributed by atoms with van der Waals surface area (Å²) in [5.74, 6) is 0.717. The van der Waals surface area contributed by atoms with Gasteiger partial charge in [0, 0.05) is 21.7 Å². The van der Waals surface area contributed by atoms with E-state index in [1.807, 2.05) is 60.7 Å². The third kappa shape index (κ3) is 4.93. The van der Waals surface area contributed by atoms with Crippen LogP contribution >= 0.6 is 11.6 Å². The number of aromatic nitrogens is 2. The van der Waals surface area contributed by atoms with Gasteiger partial charge in [0.25, 0.3) is 0 Å². The molecule has 176 valence electrons. The highest BCUT2D eigenvalue weighted by Crippen LogP contribution is 2.34. The second-order valence-corrected chi connectivity index (χ2v) is 9.26. The molecule has 0 spiro atoms. The molecule has 5 aromatic carbocycles. The largest absolute Gasteiger partial charge is 0.228 e. The number of hydrogen-bond acceptors (Lipinski definition) is 2. The standard InChI is InChI=1S/C34H23ClN2/c35-29-21-19-25(20-22-29)31-14-8-7-13-30(31)24-15-17-27(18-16-24)33-23-32(26-9-3-1-4-10-26)36-34(37-33)28-11-5-2-6-12-28/h1-23H. The topological polar surface area (TPSA) is 25.8 Å². The lowest BCUT2D eigenvalue weighted by atomic mass is 9.94. The van der Waals surface area contributed by atoms with Gasteiger partial charge in [-0.15, -0.1) is 0 Å². The summed E-state index contributed by atoms with van der Waals surface area (Å²) in [5.41, 5.74) is 9.54. The van der Waals surface area contributed by atoms with Crippen molar-refractivity contribution in [3.63, 3.8) is 0 Å². The minimum atomic E-state index is 0.717. The van der Waals surface area contributed by atoms with E-state index in [1.54, 1.807) is 0 Å². The van der Waals surface area contributed by atoms with Crippen LogP contribution < -0.4 is 0 Å². The molecule has 0 unspecified atom stereocenters. The van der Waals surface area contributed by atoms with Crippen molar-refractivity contribution in [3.8, 4) is 56.2 Å². The van der Waals surface area contributed by atoms with Gasteiger partial charge < -0.3 is 0 Å². The zero-order chi connectivity index (χ0) is 25.0. The SMILES string of the molecule is Clc1ccc(-c2ccccc2-c2ccc(-c3cc(-c4ccccc4)nc(-c4ccccc4)n3)cc2)cc1. The zero-order valence-electron chi connectivity index (χ0n) is 20.1. The number of benzene rings is 5. The van der Waals surface area contributed by atoms with Crippen LogP contribution in [-0.4, -0.2) is 9.97 Å². The molecule has 0 N–H and O–H groups in total. The van der Waals surface area contributed by atoms with Crippen molar-refractivity contribution < 1.29 is 0 Å². The monoisotopic (exact) mass is 494 g/mol. The fourth-order valence-electron chi connectivity index (χ4n) is 4.50. The van der Waals surface area contributed by atoms with E-state index < -0.39 is 0 Å². The van der Waals surface area contributed by atoms with Crippen LogP contribution in [0.1, 0.15) is 0 Å². The molecule has 0 aliphatic heterocycles. The third-order valence-corrected chi connectivity index (χ3v) is 6.65. The van der Waals surface area contributed by atoms with Gasteiger partial charge in [0.1, 0.15) is 0 Å². The summed E-state index contributed by atoms with van der Waals surface area (Å²) < 4.78 is 0. The first-order valence-corrected chi connectivity index (χ1v) is 12.6. The molecule has 0 bridgehead atoms. The van der Waals surface area contributed by atoms with E-state index in [2.05, 4.69) is 78.9 Å². The lowest BCUT2D eigenvalue weighted by Crippen LogP contribution is -1.95. The molecule has 37 heavy (non-hydrogen) atoms. The smallest absolute Gasteiger partial charge is 0.160 e. The lowest BCUT2D eigenvalue weighted by Gasteiger charge is -2.12. The van der Waals surface area contributed by atoms with Crippen molar-refractivity contribution in [3.05, 3.63) is 145 Å². The van der Waals surface area contributed by atoms with Gasteiger partial charge in [0.15, 0.2) is 5.82 Å². The van der Waals surface area contributed by atoms with Crippen LogP contribution in [0.5, 0.6) is 0 Å². The summed E-state index contributed by atoms with van der Waals surface area (Å²) >= 11 is 6.12. The minimum Gasteiger partial charge on any atom is -0.228 e. The van der Waals surface area contributed by atoms with Gasteiger partial charge in [-0.25, -0.2) is 9.97 Å². The molecule has 0 saturated carbocycles. The Kier molecular flexibility index (Phi) is 6.33. The summed E-state index contributed by atoms with van der Waals surface area (Å²) in [5, 5.41) is 0.736. The van der Waals surface area contributed by atoms with E-state index in [0.717, 1.165) is 44.2 Å². The molecule has 2 nitrogen and oxygen atoms in total. The maximum Gasteiger partial charge on any atom is 0.160 e. The summed E-state index contributed by atoms with van der Waals surface area (Å²) in [6.45, 7) is 0. The second kappa shape index (κ2) is 10.2. The Balaban J connectivity index is 1.41. The van der Waals surface area contributed by atoms with Crippen molar-refractivity contribution in [1.82, 2.24) is 9.97 Å². The van der Waals surface area contributed by atoms with Crippen molar-refractivity contribution in [1.29, 1.82) is 0 Å². The molecular weight excluding hydrogens is 472 g/mol. The van der Waals surface area contributed by atoms with Crippen LogP contribution in [0.25, 0.3) is 56.2 Å². The van der Waals surface area contributed by atoms with Crippen LogP contribution in [0, 0.1) is 0 Å². The fraction of sp³-hybridized carbons (Fsp3) is 0. The highest BCUT2D eigenvalue weighted by molar-refractivity contribution is 6.30. The van der Waals surface area contributed by atoms with E-state index >= 15 is 0 Å². The van der Waals surface area contributed by atoms with Gasteiger partial charge in [-0.3, -0.25) is 0 Å². The van der Waals surface area contributed by atoms with Gasteiger partial charge >= 0.3 is 0 Å². The van der Waals surface area contributed by atoms with Crippen LogP contribution in [0.4, 0.5) is 0 Å². The molecular formula is C34H23ClN2. The highest BCUT2D eigenvalue weighted by Gasteiger charge is 2.12. The van der Waals surface area contributed by atoms with Gasteiger partial charge in [-0.1, -0.05) is 133 Å². The fourth-order valence-corrected chi connectivity index (χ4v) is 4.63. The molecule has 0 atom stereocenters. The maximum atomic E-state index is 6.12. The van der Waals surface area contributed by atoms with Crippen LogP contribution in [0.2, 0.25) is 5.02 Å². The molecule has 6 aromatic rings. The Morgan fingerprint density at radius 1 is 0.378 bits per heavy atom. The van der Waals surface area contributed by atoms with Gasteiger partial charge in [0.05, 0.1) is 11.4 Å². The van der Waals surface area contributed by atoms with Crippen LogP contribution in [0.15, 0.2) is 140 Å². The zero-order valence-corrected chi connectivity index (χ0v) is 20.8. The van der Waals surface area contributed by atoms with E-state index in [0.29, 0.717) is 5.82 Å². The Bertz CT molecular complexity index is 1590. The number of rotatable bonds is 5. The van der Waals surface area contributed by atoms with Crippen molar-refractivity contribution in [2.75, 3.05) is 0 Å². The molecule has 3 heteroatoms. The first-order valence-electron chi connectivity index (χ1n) is 12.2. The average molecular weight is 495 g/mol. The first kappa shape index (κ1) is 22.9. The Morgan fingerprint density at radius 3 is 1.32 bits per heavy atom. The average Bonchev–Trinajstić information content (AvgIpc) is 2.98. The third-order valence-electron chi connectivity index (χ3n) is 6.40. The molecule has 0 aliphatic rings. The Morgan fingerprint density at radius 2 is 0.784 bits per heavy atom. The summed E-state index contributed by atoms with van der Waals surface area (Å²) in [6.07, 6.45) is 0. The van der Waals surface area contributed by atoms with E-state index in [1.165, 1.54) is 11.1 Å². The highest BCUT2D eigenvalue weighted by atomic mass is 35.5. The number of nitrogens with zero attached hydrogens (tertiary/aromatic N) is 2. The molecule has 0 radical (unpaired) electrons. The first-order chi connectivity index (χ1) is 18.2. The number of hydrogen-bond donors (Lipinski definition) is 0. The molecule has 1 aromatic heterocycles. The predicted octanol–water partition coefficient (Wildman–Crippen LogP) is 9.46. The quantitative estimate of drug-likeness (QED) is 0.238. The predicted molar refractivity (Wildman–Crippen MR) is 154 cm³/mol. The summed E-state index contributed by atoms with van der Waals surface area (Å²) in [6, 6.07) is 47.5. The van der Waals surface area contributed by atoms with E-state index in [9.17, 15) is 0 Å². The van der Waals surface area contributed by atoms with Gasteiger partial charge in [-0.05, 0) is 40.5 Å². The second-order valence-electron chi connectivity index (χ2n) is 8.82. The van der Waals surface area contributed by atoms with Crippen molar-refractivity contribution in [2.45, 2.75) is 0 Å². The van der Waals surface area contributed by atoms with E-state index in [-0.39, 0.29) is 0 Å². The molecule has 0 aliphatic carbocycles. The lowest BCUT2D eigenvalue weighted by molar-refractivity contribution is 1.18. The Labute approximate surface area is 221 Å². The van der Waals surface area contributed by atoms with Crippen molar-refractivity contribution >= 4 is 11.6 Å². The van der Waals surface area contributed by atoms with Crippen molar-refractivity contribution in [2.24, 2.45) is 0 Å². The van der Waals surface area contributed by atoms with Crippen LogP contribution in [0.3, 0.4) is 0 Å². The van der Waals surface area contributed by atoms with Crippen LogP contribution in [-0.2, 0) is 0 Å². The van der Waals surface area contributed by atoms with E-state index in [4.69, 9.17) is 21.6 Å². The Hall–Kier alpha value is -4.53. The molecule has 0 amide bonds. The molecule has 0 fully saturated rings. The van der Waals surface area contributed by atoms with Gasteiger partial charge in [-0.2, -0.15) is 0 Å². The summed E-state index contributed by atoms with van der Waals surface area (Å²) in [7, 11) is 0. The molecule has 0 saturated heterocycles. The molecule has 6 rings (SSSR count). The summed E-state index contributed by atoms with van der Waals surface area (Å²) in [4.78, 5) is 9.85. The van der Waals surface area contributed by atoms with Gasteiger partial charge in [0.2, 0.25) is 0 Å². The normalized spacial score (nSPS) is 10.8. The minimum absolute atomic E-state index is 0.717. The number of halogens is 1. The maximum absolute atomic E-state index is 6.12.